The van der Waals surface area contributed by atoms with E-state index in [2.05, 4.69) is 40.7 Å². The number of nitro groups is 1. The number of rotatable bonds is 20. The summed E-state index contributed by atoms with van der Waals surface area (Å²) >= 11 is 0. The molecule has 0 saturated heterocycles. The number of hydrogen-bond donors (Lipinski definition) is 0. The Morgan fingerprint density at radius 3 is 2.25 bits per heavy atom. The summed E-state index contributed by atoms with van der Waals surface area (Å²) in [5.41, 5.74) is 2.69. The minimum absolute atomic E-state index is 0.0454. The van der Waals surface area contributed by atoms with E-state index in [0.29, 0.717) is 36.4 Å². The standard InChI is InChI=1S/C33H50N2O5/c1-6-8-10-12-13-15-23-39-32-31(40-24-21-27(5)18-16-17-26(3)4)29-20-19-28(35(37)38)25-30(29)34(33(32)36)22-14-11-9-7-2/h17,19-21,25H,6-16,18,22-24H2,1-5H3/b27-21+. The number of allylic oxidation sites excluding steroid dienone is 3. The van der Waals surface area contributed by atoms with E-state index in [9.17, 15) is 14.9 Å². The average Bonchev–Trinajstić information content (AvgIpc) is 2.92. The van der Waals surface area contributed by atoms with Crippen LogP contribution in [0, 0.1) is 10.1 Å². The molecule has 1 aromatic carbocycles. The van der Waals surface area contributed by atoms with Gasteiger partial charge in [0.2, 0.25) is 5.75 Å². The molecule has 1 aromatic heterocycles. The Morgan fingerprint density at radius 2 is 1.57 bits per heavy atom. The van der Waals surface area contributed by atoms with Crippen molar-refractivity contribution in [3.63, 3.8) is 0 Å². The van der Waals surface area contributed by atoms with Crippen molar-refractivity contribution in [3.8, 4) is 11.5 Å². The number of non-ortho nitro benzene ring substituents is 1. The van der Waals surface area contributed by atoms with Crippen molar-refractivity contribution in [2.75, 3.05) is 13.2 Å². The van der Waals surface area contributed by atoms with E-state index in [-0.39, 0.29) is 17.0 Å². The lowest BCUT2D eigenvalue weighted by molar-refractivity contribution is -0.384. The van der Waals surface area contributed by atoms with E-state index in [1.165, 1.54) is 42.5 Å². The molecule has 0 saturated carbocycles. The first-order chi connectivity index (χ1) is 19.3. The van der Waals surface area contributed by atoms with Crippen molar-refractivity contribution >= 4 is 16.6 Å². The van der Waals surface area contributed by atoms with Gasteiger partial charge in [0.1, 0.15) is 6.61 Å². The van der Waals surface area contributed by atoms with Gasteiger partial charge in [-0.3, -0.25) is 14.9 Å². The zero-order valence-electron chi connectivity index (χ0n) is 25.4. The third-order valence-corrected chi connectivity index (χ3v) is 7.10. The van der Waals surface area contributed by atoms with E-state index >= 15 is 0 Å². The molecule has 0 atom stereocenters. The minimum Gasteiger partial charge on any atom is -0.485 e. The Hall–Kier alpha value is -3.09. The maximum Gasteiger partial charge on any atom is 0.297 e. The molecule has 0 unspecified atom stereocenters. The van der Waals surface area contributed by atoms with E-state index in [4.69, 9.17) is 9.47 Å². The molecule has 0 spiro atoms. The number of nitro benzene ring substituents is 1. The normalized spacial score (nSPS) is 11.6. The Balaban J connectivity index is 2.42. The molecule has 2 aromatic rings. The van der Waals surface area contributed by atoms with Crippen LogP contribution >= 0.6 is 0 Å². The zero-order valence-corrected chi connectivity index (χ0v) is 25.4. The van der Waals surface area contributed by atoms with Crippen LogP contribution in [0.5, 0.6) is 11.5 Å². The van der Waals surface area contributed by atoms with Gasteiger partial charge >= 0.3 is 0 Å². The highest BCUT2D eigenvalue weighted by Gasteiger charge is 2.22. The fourth-order valence-corrected chi connectivity index (χ4v) is 4.70. The van der Waals surface area contributed by atoms with Crippen LogP contribution in [-0.2, 0) is 6.54 Å². The molecule has 0 aliphatic rings. The summed E-state index contributed by atoms with van der Waals surface area (Å²) in [4.78, 5) is 25.0. The molecule has 7 heteroatoms. The second-order valence-electron chi connectivity index (χ2n) is 10.9. The monoisotopic (exact) mass is 554 g/mol. The smallest absolute Gasteiger partial charge is 0.297 e. The third kappa shape index (κ3) is 10.8. The first-order valence-corrected chi connectivity index (χ1v) is 15.2. The summed E-state index contributed by atoms with van der Waals surface area (Å²) in [6.45, 7) is 11.8. The molecule has 0 bridgehead atoms. The number of ether oxygens (including phenoxy) is 2. The highest BCUT2D eigenvalue weighted by molar-refractivity contribution is 5.89. The highest BCUT2D eigenvalue weighted by Crippen LogP contribution is 2.35. The van der Waals surface area contributed by atoms with E-state index in [0.717, 1.165) is 57.8 Å². The highest BCUT2D eigenvalue weighted by atomic mass is 16.6. The quantitative estimate of drug-likeness (QED) is 0.0705. The summed E-state index contributed by atoms with van der Waals surface area (Å²) in [6, 6.07) is 4.65. The van der Waals surface area contributed by atoms with Gasteiger partial charge in [0.15, 0.2) is 5.75 Å². The molecule has 0 aliphatic heterocycles. The molecule has 40 heavy (non-hydrogen) atoms. The van der Waals surface area contributed by atoms with Crippen LogP contribution in [0.1, 0.15) is 112 Å². The van der Waals surface area contributed by atoms with Gasteiger partial charge < -0.3 is 14.0 Å². The molecule has 0 amide bonds. The fraction of sp³-hybridized carbons (Fsp3) is 0.606. The van der Waals surface area contributed by atoms with Gasteiger partial charge in [-0.2, -0.15) is 0 Å². The van der Waals surface area contributed by atoms with Gasteiger partial charge in [0.05, 0.1) is 17.0 Å². The maximum absolute atomic E-state index is 13.8. The number of nitrogens with zero attached hydrogens (tertiary/aromatic N) is 2. The fourth-order valence-electron chi connectivity index (χ4n) is 4.70. The summed E-state index contributed by atoms with van der Waals surface area (Å²) in [6.07, 6.45) is 16.8. The van der Waals surface area contributed by atoms with Crippen molar-refractivity contribution in [1.29, 1.82) is 0 Å². The lowest BCUT2D eigenvalue weighted by Gasteiger charge is -2.18. The first-order valence-electron chi connectivity index (χ1n) is 15.2. The molecule has 7 nitrogen and oxygen atoms in total. The number of benzene rings is 1. The number of fused-ring (bicyclic) bond motifs is 1. The molecule has 0 fully saturated rings. The molecule has 2 rings (SSSR count). The van der Waals surface area contributed by atoms with Crippen LogP contribution in [0.15, 0.2) is 46.3 Å². The predicted molar refractivity (Wildman–Crippen MR) is 166 cm³/mol. The van der Waals surface area contributed by atoms with E-state index in [1.807, 2.05) is 6.08 Å². The van der Waals surface area contributed by atoms with Gasteiger partial charge in [-0.15, -0.1) is 0 Å². The number of unbranched alkanes of at least 4 members (excludes halogenated alkanes) is 8. The minimum atomic E-state index is -0.423. The van der Waals surface area contributed by atoms with Gasteiger partial charge in [-0.25, -0.2) is 0 Å². The lowest BCUT2D eigenvalue weighted by Crippen LogP contribution is -2.24. The average molecular weight is 555 g/mol. The van der Waals surface area contributed by atoms with Crippen molar-refractivity contribution < 1.29 is 14.4 Å². The SMILES string of the molecule is CCCCCCCCOc1c(OC/C=C(\C)CCC=C(C)C)c2ccc([N+](=O)[O-])cc2n(CCCCCC)c1=O. The zero-order chi connectivity index (χ0) is 29.3. The summed E-state index contributed by atoms with van der Waals surface area (Å²) in [7, 11) is 0. The Labute approximate surface area is 240 Å². The Morgan fingerprint density at radius 1 is 0.900 bits per heavy atom. The molecular weight excluding hydrogens is 504 g/mol. The lowest BCUT2D eigenvalue weighted by atomic mass is 10.1. The van der Waals surface area contributed by atoms with E-state index in [1.54, 1.807) is 10.6 Å². The van der Waals surface area contributed by atoms with Crippen LogP contribution < -0.4 is 15.0 Å². The molecule has 1 heterocycles. The molecule has 0 aliphatic carbocycles. The summed E-state index contributed by atoms with van der Waals surface area (Å²) in [5.74, 6) is 0.583. The third-order valence-electron chi connectivity index (χ3n) is 7.10. The van der Waals surface area contributed by atoms with Crippen LogP contribution in [0.2, 0.25) is 0 Å². The van der Waals surface area contributed by atoms with Crippen LogP contribution in [-0.4, -0.2) is 22.7 Å². The first kappa shape index (κ1) is 33.1. The van der Waals surface area contributed by atoms with Crippen molar-refractivity contribution in [2.24, 2.45) is 0 Å². The van der Waals surface area contributed by atoms with Crippen molar-refractivity contribution in [2.45, 2.75) is 118 Å². The van der Waals surface area contributed by atoms with Gasteiger partial charge in [-0.05, 0) is 58.6 Å². The van der Waals surface area contributed by atoms with Crippen molar-refractivity contribution in [3.05, 3.63) is 62.0 Å². The number of aromatic nitrogens is 1. The topological polar surface area (TPSA) is 83.6 Å². The summed E-state index contributed by atoms with van der Waals surface area (Å²) in [5, 5.41) is 12.2. The number of hydrogen-bond acceptors (Lipinski definition) is 5. The van der Waals surface area contributed by atoms with Gasteiger partial charge in [0, 0.05) is 24.1 Å². The second kappa shape index (κ2) is 18.3. The summed E-state index contributed by atoms with van der Waals surface area (Å²) < 4.78 is 14.0. The molecular formula is C33H50N2O5. The molecule has 222 valence electrons. The predicted octanol–water partition coefficient (Wildman–Crippen LogP) is 9.30. The van der Waals surface area contributed by atoms with Crippen LogP contribution in [0.3, 0.4) is 0 Å². The Kier molecular flexibility index (Phi) is 15.1. The van der Waals surface area contributed by atoms with Crippen molar-refractivity contribution in [1.82, 2.24) is 4.57 Å². The van der Waals surface area contributed by atoms with Gasteiger partial charge in [-0.1, -0.05) is 82.4 Å². The van der Waals surface area contributed by atoms with Crippen LogP contribution in [0.25, 0.3) is 10.9 Å². The maximum atomic E-state index is 13.8. The van der Waals surface area contributed by atoms with Crippen LogP contribution in [0.4, 0.5) is 5.69 Å². The number of aryl methyl sites for hydroxylation is 1. The Bertz CT molecular complexity index is 1190. The van der Waals surface area contributed by atoms with Gasteiger partial charge in [0.25, 0.3) is 11.2 Å². The molecule has 0 N–H and O–H groups in total. The molecule has 0 radical (unpaired) electrons. The second-order valence-corrected chi connectivity index (χ2v) is 10.9. The largest absolute Gasteiger partial charge is 0.485 e. The van der Waals surface area contributed by atoms with E-state index < -0.39 is 4.92 Å². The number of pyridine rings is 1.